The third kappa shape index (κ3) is 14.0. The van der Waals surface area contributed by atoms with Gasteiger partial charge in [0.1, 0.15) is 0 Å². The Morgan fingerprint density at radius 2 is 0.547 bits per heavy atom. The molecular weight excluding hydrogens is 808 g/mol. The fraction of sp³-hybridized carbons (Fsp3) is 0.947. The summed E-state index contributed by atoms with van der Waals surface area (Å²) in [6.45, 7) is 46.1. The fourth-order valence-electron chi connectivity index (χ4n) is 15.3. The van der Waals surface area contributed by atoms with Gasteiger partial charge in [0.25, 0.3) is 0 Å². The van der Waals surface area contributed by atoms with Gasteiger partial charge in [-0.1, -0.05) is 165 Å². The molecule has 0 aromatic rings. The molecule has 9 atom stereocenters. The van der Waals surface area contributed by atoms with Crippen molar-refractivity contribution in [3.05, 3.63) is 0 Å². The predicted molar refractivity (Wildman–Crippen MR) is 266 cm³/mol. The van der Waals surface area contributed by atoms with Gasteiger partial charge in [-0.05, 0) is 164 Å². The largest absolute Gasteiger partial charge is 3.00 e. The first-order chi connectivity index (χ1) is 28.7. The van der Waals surface area contributed by atoms with Crippen LogP contribution in [0.1, 0.15) is 242 Å². The van der Waals surface area contributed by atoms with E-state index in [1.807, 2.05) is 0 Å². The molecule has 64 heavy (non-hydrogen) atoms. The van der Waals surface area contributed by atoms with Crippen LogP contribution < -0.4 is 15.3 Å². The van der Waals surface area contributed by atoms with Crippen LogP contribution in [-0.4, -0.2) is 35.3 Å². The van der Waals surface area contributed by atoms with E-state index in [1.54, 1.807) is 0 Å². The van der Waals surface area contributed by atoms with Gasteiger partial charge in [0.15, 0.2) is 0 Å². The van der Waals surface area contributed by atoms with Gasteiger partial charge in [-0.25, -0.2) is 0 Å². The molecule has 3 saturated carbocycles. The molecule has 0 bridgehead atoms. The molecule has 6 nitrogen and oxygen atoms in total. The van der Waals surface area contributed by atoms with E-state index in [-0.39, 0.29) is 33.6 Å². The van der Waals surface area contributed by atoms with Crippen molar-refractivity contribution in [1.29, 1.82) is 0 Å². The molecule has 9 unspecified atom stereocenters. The Labute approximate surface area is 408 Å². The summed E-state index contributed by atoms with van der Waals surface area (Å²) < 4.78 is 0. The Kier molecular flexibility index (Phi) is 25.1. The molecule has 0 radical (unpaired) electrons. The zero-order valence-electron chi connectivity index (χ0n) is 46.1. The molecular formula is C57H105AlO6. The summed E-state index contributed by atoms with van der Waals surface area (Å²) in [6, 6.07) is 0. The topological polar surface area (TPSA) is 120 Å². The molecule has 372 valence electrons. The standard InChI is InChI=1S/3C19H36O2.Al/c3*1-13(2)10-18(15(5)6)9-8-16(7)12-19(18,17(20)21)11-14(3)4;/h3*13-16H,8-12H2,1-7H3,(H,20,21);/q;;;+3/p-3. The minimum absolute atomic E-state index is 0. The van der Waals surface area contributed by atoms with Crippen LogP contribution in [0.25, 0.3) is 0 Å². The monoisotopic (exact) mass is 913 g/mol. The van der Waals surface area contributed by atoms with E-state index in [2.05, 4.69) is 145 Å². The van der Waals surface area contributed by atoms with Crippen molar-refractivity contribution in [3.63, 3.8) is 0 Å². The third-order valence-electron chi connectivity index (χ3n) is 17.3. The van der Waals surface area contributed by atoms with E-state index in [0.717, 1.165) is 96.3 Å². The minimum atomic E-state index is -0.794. The predicted octanol–water partition coefficient (Wildman–Crippen LogP) is 12.5. The molecule has 0 N–H and O–H groups in total. The molecule has 3 rings (SSSR count). The average molecular weight is 913 g/mol. The quantitative estimate of drug-likeness (QED) is 0.126. The molecule has 0 aromatic carbocycles. The van der Waals surface area contributed by atoms with Gasteiger partial charge in [0.2, 0.25) is 0 Å². The zero-order chi connectivity index (χ0) is 49.3. The number of carbonyl (C=O) groups is 3. The van der Waals surface area contributed by atoms with E-state index in [0.29, 0.717) is 71.0 Å². The number of hydrogen-bond acceptors (Lipinski definition) is 6. The maximum Gasteiger partial charge on any atom is 3.00 e. The SMILES string of the molecule is CC(C)CC1(C(=O)[O-])CC(C)CCC1(CC(C)C)C(C)C.CC(C)CC1(C(=O)[O-])CC(C)CCC1(CC(C)C)C(C)C.CC(C)CC1(C(=O)[O-])CC(C)CCC1(CC(C)C)C(C)C.[Al+3]. The molecule has 0 aromatic heterocycles. The summed E-state index contributed by atoms with van der Waals surface area (Å²) in [5, 5.41) is 37.0. The van der Waals surface area contributed by atoms with Gasteiger partial charge < -0.3 is 29.7 Å². The van der Waals surface area contributed by atoms with Crippen molar-refractivity contribution in [3.8, 4) is 0 Å². The number of hydrogen-bond donors (Lipinski definition) is 0. The van der Waals surface area contributed by atoms with Crippen LogP contribution in [0.15, 0.2) is 0 Å². The van der Waals surface area contributed by atoms with Gasteiger partial charge in [-0.2, -0.15) is 0 Å². The van der Waals surface area contributed by atoms with Crippen LogP contribution in [0.2, 0.25) is 0 Å². The second-order valence-corrected chi connectivity index (χ2v) is 26.2. The fourth-order valence-corrected chi connectivity index (χ4v) is 15.3. The minimum Gasteiger partial charge on any atom is -0.550 e. The van der Waals surface area contributed by atoms with E-state index in [4.69, 9.17) is 0 Å². The van der Waals surface area contributed by atoms with Gasteiger partial charge in [0, 0.05) is 34.2 Å². The van der Waals surface area contributed by atoms with E-state index < -0.39 is 34.2 Å². The third-order valence-corrected chi connectivity index (χ3v) is 17.3. The molecule has 0 amide bonds. The molecule has 0 heterocycles. The van der Waals surface area contributed by atoms with E-state index in [9.17, 15) is 29.7 Å². The average Bonchev–Trinajstić information content (AvgIpc) is 3.10. The van der Waals surface area contributed by atoms with Gasteiger partial charge in [0.05, 0.1) is 0 Å². The second kappa shape index (κ2) is 25.5. The van der Waals surface area contributed by atoms with E-state index >= 15 is 0 Å². The Hall–Kier alpha value is -1.06. The Morgan fingerprint density at radius 3 is 0.672 bits per heavy atom. The maximum absolute atomic E-state index is 12.3. The number of carbonyl (C=O) groups excluding carboxylic acids is 3. The normalized spacial score (nSPS) is 33.4. The van der Waals surface area contributed by atoms with Gasteiger partial charge in [-0.3, -0.25) is 0 Å². The molecule has 3 fully saturated rings. The van der Waals surface area contributed by atoms with Crippen molar-refractivity contribution in [2.24, 2.45) is 104 Å². The zero-order valence-corrected chi connectivity index (χ0v) is 47.2. The smallest absolute Gasteiger partial charge is 0.550 e. The number of carboxylic acids is 3. The van der Waals surface area contributed by atoms with Crippen molar-refractivity contribution in [2.45, 2.75) is 242 Å². The number of aliphatic carboxylic acids is 3. The van der Waals surface area contributed by atoms with Gasteiger partial charge >= 0.3 is 17.4 Å². The van der Waals surface area contributed by atoms with Crippen LogP contribution in [0, 0.1) is 104 Å². The first-order valence-corrected chi connectivity index (χ1v) is 26.4. The molecule has 0 spiro atoms. The number of carboxylic acid groups (broad SMARTS) is 3. The summed E-state index contributed by atoms with van der Waals surface area (Å²) in [4.78, 5) is 37.0. The first-order valence-electron chi connectivity index (χ1n) is 26.4. The van der Waals surface area contributed by atoms with E-state index in [1.165, 1.54) is 0 Å². The first kappa shape index (κ1) is 62.9. The van der Waals surface area contributed by atoms with Crippen LogP contribution >= 0.6 is 0 Å². The van der Waals surface area contributed by atoms with Crippen molar-refractivity contribution in [1.82, 2.24) is 0 Å². The second-order valence-electron chi connectivity index (χ2n) is 26.2. The summed E-state index contributed by atoms with van der Waals surface area (Å²) in [5.74, 6) is 2.94. The van der Waals surface area contributed by atoms with Crippen LogP contribution in [0.5, 0.6) is 0 Å². The Morgan fingerprint density at radius 1 is 0.375 bits per heavy atom. The van der Waals surface area contributed by atoms with Crippen LogP contribution in [0.3, 0.4) is 0 Å². The molecule has 7 heteroatoms. The molecule has 3 aliphatic carbocycles. The molecule has 0 saturated heterocycles. The van der Waals surface area contributed by atoms with Crippen LogP contribution in [0.4, 0.5) is 0 Å². The number of rotatable bonds is 18. The van der Waals surface area contributed by atoms with Crippen molar-refractivity contribution < 1.29 is 29.7 Å². The van der Waals surface area contributed by atoms with Crippen molar-refractivity contribution >= 4 is 35.3 Å². The van der Waals surface area contributed by atoms with Crippen LogP contribution in [-0.2, 0) is 14.4 Å². The summed E-state index contributed by atoms with van der Waals surface area (Å²) in [6.07, 6.45) is 14.2. The van der Waals surface area contributed by atoms with Crippen molar-refractivity contribution in [2.75, 3.05) is 0 Å². The Bertz CT molecular complexity index is 1240. The maximum atomic E-state index is 12.3. The molecule has 3 aliphatic rings. The molecule has 0 aliphatic heterocycles. The summed E-state index contributed by atoms with van der Waals surface area (Å²) in [7, 11) is 0. The Balaban J connectivity index is 0.000000923. The summed E-state index contributed by atoms with van der Waals surface area (Å²) >= 11 is 0. The summed E-state index contributed by atoms with van der Waals surface area (Å²) in [5.41, 5.74) is -2.31. The van der Waals surface area contributed by atoms with Gasteiger partial charge in [-0.15, -0.1) is 0 Å².